The molecule has 2 aliphatic rings. The first-order valence-corrected chi connectivity index (χ1v) is 14.1. The summed E-state index contributed by atoms with van der Waals surface area (Å²) in [5.41, 5.74) is 2.19. The maximum absolute atomic E-state index is 13.8. The van der Waals surface area contributed by atoms with Crippen LogP contribution in [-0.2, 0) is 27.3 Å². The average Bonchev–Trinajstić information content (AvgIpc) is 3.68. The van der Waals surface area contributed by atoms with Gasteiger partial charge in [0.1, 0.15) is 11.8 Å². The van der Waals surface area contributed by atoms with Gasteiger partial charge in [0.05, 0.1) is 12.1 Å². The molecule has 2 aliphatic heterocycles. The van der Waals surface area contributed by atoms with Crippen molar-refractivity contribution in [2.45, 2.75) is 50.6 Å². The Morgan fingerprint density at radius 2 is 1.79 bits per heavy atom. The number of ether oxygens (including phenoxy) is 3. The number of hydrogen-bond acceptors (Lipinski definition) is 8. The molecule has 0 spiro atoms. The Morgan fingerprint density at radius 1 is 1.02 bits per heavy atom. The molecule has 3 aromatic carbocycles. The van der Waals surface area contributed by atoms with Gasteiger partial charge in [-0.1, -0.05) is 42.5 Å². The normalized spacial score (nSPS) is 18.6. The number of likely N-dealkylation sites (tertiary alicyclic amines) is 1. The molecule has 4 atom stereocenters. The minimum atomic E-state index is -1.67. The third-order valence-corrected chi connectivity index (χ3v) is 7.88. The third-order valence-electron chi connectivity index (χ3n) is 7.88. The van der Waals surface area contributed by atoms with Gasteiger partial charge in [-0.15, -0.1) is 0 Å². The second kappa shape index (κ2) is 13.1. The van der Waals surface area contributed by atoms with Crippen molar-refractivity contribution >= 4 is 17.7 Å². The van der Waals surface area contributed by atoms with Crippen LogP contribution in [-0.4, -0.2) is 77.6 Å². The van der Waals surface area contributed by atoms with Gasteiger partial charge in [-0.05, 0) is 48.7 Å². The molecule has 0 radical (unpaired) electrons. The van der Waals surface area contributed by atoms with E-state index in [9.17, 15) is 24.6 Å². The predicted octanol–water partition coefficient (Wildman–Crippen LogP) is 2.06. The molecular weight excluding hydrogens is 554 g/mol. The zero-order valence-electron chi connectivity index (χ0n) is 24.0. The summed E-state index contributed by atoms with van der Waals surface area (Å²) in [6.07, 6.45) is -1.67. The van der Waals surface area contributed by atoms with Crippen molar-refractivity contribution in [3.05, 3.63) is 89.0 Å². The highest BCUT2D eigenvalue weighted by Gasteiger charge is 2.43. The van der Waals surface area contributed by atoms with E-state index in [2.05, 4.69) is 10.6 Å². The summed E-state index contributed by atoms with van der Waals surface area (Å²) in [6, 6.07) is 17.2. The summed E-state index contributed by atoms with van der Waals surface area (Å²) in [6.45, 7) is 2.06. The highest BCUT2D eigenvalue weighted by Crippen LogP contribution is 2.32. The van der Waals surface area contributed by atoms with Crippen LogP contribution in [0.15, 0.2) is 66.7 Å². The van der Waals surface area contributed by atoms with Crippen LogP contribution in [0, 0.1) is 6.92 Å². The highest BCUT2D eigenvalue weighted by molar-refractivity contribution is 5.97. The van der Waals surface area contributed by atoms with E-state index in [1.807, 2.05) is 36.4 Å². The van der Waals surface area contributed by atoms with E-state index in [-0.39, 0.29) is 44.0 Å². The quantitative estimate of drug-likeness (QED) is 0.281. The number of fused-ring (bicyclic) bond motifs is 1. The van der Waals surface area contributed by atoms with Crippen molar-refractivity contribution in [2.24, 2.45) is 0 Å². The zero-order chi connectivity index (χ0) is 30.5. The summed E-state index contributed by atoms with van der Waals surface area (Å²) in [7, 11) is 1.51. The Labute approximate surface area is 249 Å². The number of aliphatic hydroxyl groups is 1. The number of phenolic OH excluding ortho intramolecular Hbond substituents is 1. The fourth-order valence-electron chi connectivity index (χ4n) is 5.39. The lowest BCUT2D eigenvalue weighted by atomic mass is 9.98. The molecule has 4 N–H and O–H groups in total. The van der Waals surface area contributed by atoms with Crippen LogP contribution in [0.5, 0.6) is 17.2 Å². The van der Waals surface area contributed by atoms with E-state index in [0.717, 1.165) is 11.1 Å². The van der Waals surface area contributed by atoms with Crippen molar-refractivity contribution in [1.82, 2.24) is 15.5 Å². The lowest BCUT2D eigenvalue weighted by molar-refractivity contribution is -0.146. The lowest BCUT2D eigenvalue weighted by Gasteiger charge is -2.30. The molecule has 0 saturated carbocycles. The number of rotatable bonds is 10. The van der Waals surface area contributed by atoms with Crippen LogP contribution in [0.1, 0.15) is 33.5 Å². The summed E-state index contributed by atoms with van der Waals surface area (Å²) in [4.78, 5) is 41.8. The fourth-order valence-corrected chi connectivity index (χ4v) is 5.39. The number of aromatic hydroxyl groups is 1. The predicted molar refractivity (Wildman–Crippen MR) is 156 cm³/mol. The third kappa shape index (κ3) is 6.73. The second-order valence-corrected chi connectivity index (χ2v) is 10.7. The highest BCUT2D eigenvalue weighted by atomic mass is 16.7. The van der Waals surface area contributed by atoms with E-state index < -0.39 is 42.0 Å². The van der Waals surface area contributed by atoms with Gasteiger partial charge < -0.3 is 40.0 Å². The fraction of sp³-hybridized carbons (Fsp3) is 0.344. The van der Waals surface area contributed by atoms with Gasteiger partial charge in [-0.2, -0.15) is 0 Å². The summed E-state index contributed by atoms with van der Waals surface area (Å²) in [5.74, 6) is -0.444. The molecule has 0 aliphatic carbocycles. The summed E-state index contributed by atoms with van der Waals surface area (Å²) < 4.78 is 16.2. The largest absolute Gasteiger partial charge is 0.508 e. The molecule has 226 valence electrons. The molecular formula is C32H35N3O8. The van der Waals surface area contributed by atoms with Crippen LogP contribution in [0.2, 0.25) is 0 Å². The van der Waals surface area contributed by atoms with Crippen molar-refractivity contribution in [2.75, 3.05) is 20.4 Å². The number of methoxy groups -OCH3 is 1. The SMILES string of the molecule is COC1CC(C(=O)NCc2ccc3c(c2)OCO3)N(C(=O)C(O)C(Cc2ccccc2)NC(=O)c2cccc(O)c2C)C1. The number of phenols is 1. The molecule has 11 heteroatoms. The molecule has 3 aromatic rings. The van der Waals surface area contributed by atoms with Gasteiger partial charge in [0.15, 0.2) is 17.6 Å². The maximum atomic E-state index is 13.8. The molecule has 43 heavy (non-hydrogen) atoms. The summed E-state index contributed by atoms with van der Waals surface area (Å²) in [5, 5.41) is 27.2. The molecule has 11 nitrogen and oxygen atoms in total. The van der Waals surface area contributed by atoms with Gasteiger partial charge in [0.2, 0.25) is 12.7 Å². The molecule has 0 aromatic heterocycles. The van der Waals surface area contributed by atoms with Crippen LogP contribution >= 0.6 is 0 Å². The van der Waals surface area contributed by atoms with E-state index >= 15 is 0 Å². The number of amides is 3. The van der Waals surface area contributed by atoms with Crippen molar-refractivity contribution in [3.8, 4) is 17.2 Å². The molecule has 5 rings (SSSR count). The Morgan fingerprint density at radius 3 is 2.56 bits per heavy atom. The maximum Gasteiger partial charge on any atom is 0.254 e. The molecule has 1 fully saturated rings. The van der Waals surface area contributed by atoms with Crippen LogP contribution in [0.4, 0.5) is 0 Å². The number of hydrogen-bond donors (Lipinski definition) is 4. The van der Waals surface area contributed by atoms with Gasteiger partial charge in [-0.3, -0.25) is 14.4 Å². The average molecular weight is 590 g/mol. The smallest absolute Gasteiger partial charge is 0.254 e. The van der Waals surface area contributed by atoms with Crippen LogP contribution in [0.3, 0.4) is 0 Å². The number of nitrogens with zero attached hydrogens (tertiary/aromatic N) is 1. The topological polar surface area (TPSA) is 147 Å². The number of nitrogens with one attached hydrogen (secondary N) is 2. The van der Waals surface area contributed by atoms with Crippen molar-refractivity contribution < 1.29 is 38.8 Å². The van der Waals surface area contributed by atoms with E-state index in [0.29, 0.717) is 17.1 Å². The molecule has 3 amide bonds. The Balaban J connectivity index is 1.32. The van der Waals surface area contributed by atoms with Gasteiger partial charge in [0, 0.05) is 37.7 Å². The number of carbonyl (C=O) groups excluding carboxylic acids is 3. The molecule has 2 heterocycles. The lowest BCUT2D eigenvalue weighted by Crippen LogP contribution is -2.55. The van der Waals surface area contributed by atoms with Crippen molar-refractivity contribution in [3.63, 3.8) is 0 Å². The minimum absolute atomic E-state index is 0.0406. The molecule has 0 bridgehead atoms. The molecule has 1 saturated heterocycles. The van der Waals surface area contributed by atoms with Gasteiger partial charge in [-0.25, -0.2) is 0 Å². The minimum Gasteiger partial charge on any atom is -0.508 e. The molecule has 4 unspecified atom stereocenters. The Kier molecular flexibility index (Phi) is 9.13. The van der Waals surface area contributed by atoms with E-state index in [1.165, 1.54) is 18.1 Å². The van der Waals surface area contributed by atoms with Crippen molar-refractivity contribution in [1.29, 1.82) is 0 Å². The first-order valence-electron chi connectivity index (χ1n) is 14.1. The standard InChI is InChI=1S/C32H35N3O8/c1-19-23(9-6-10-26(19)36)30(38)34-24(13-20-7-4-3-5-8-20)29(37)32(40)35-17-22(41-2)15-25(35)31(39)33-16-21-11-12-27-28(14-21)43-18-42-27/h3-12,14,22,24-25,29,36-37H,13,15-18H2,1-2H3,(H,33,39)(H,34,38). The van der Waals surface area contributed by atoms with E-state index in [1.54, 1.807) is 31.2 Å². The van der Waals surface area contributed by atoms with Gasteiger partial charge in [0.25, 0.3) is 11.8 Å². The van der Waals surface area contributed by atoms with Gasteiger partial charge >= 0.3 is 0 Å². The first-order chi connectivity index (χ1) is 20.7. The summed E-state index contributed by atoms with van der Waals surface area (Å²) >= 11 is 0. The van der Waals surface area contributed by atoms with Crippen LogP contribution < -0.4 is 20.1 Å². The number of aliphatic hydroxyl groups excluding tert-OH is 1. The van der Waals surface area contributed by atoms with E-state index in [4.69, 9.17) is 14.2 Å². The van der Waals surface area contributed by atoms with Crippen LogP contribution in [0.25, 0.3) is 0 Å². The second-order valence-electron chi connectivity index (χ2n) is 10.7. The first kappa shape index (κ1) is 29.9. The zero-order valence-corrected chi connectivity index (χ0v) is 24.0. The monoisotopic (exact) mass is 589 g/mol. The number of carbonyl (C=O) groups is 3. The Bertz CT molecular complexity index is 1480. The Hall–Kier alpha value is -4.61. The number of benzene rings is 3.